The van der Waals surface area contributed by atoms with Gasteiger partial charge in [0.25, 0.3) is 0 Å². The van der Waals surface area contributed by atoms with Gasteiger partial charge in [0.2, 0.25) is 0 Å². The molecule has 0 N–H and O–H groups in total. The lowest BCUT2D eigenvalue weighted by atomic mass is 9.73. The van der Waals surface area contributed by atoms with Crippen molar-refractivity contribution in [2.45, 2.75) is 199 Å². The zero-order chi connectivity index (χ0) is 62.1. The van der Waals surface area contributed by atoms with E-state index in [0.29, 0.717) is 37.6 Å². The van der Waals surface area contributed by atoms with Gasteiger partial charge in [-0.3, -0.25) is 14.4 Å². The number of hydrogen-bond acceptors (Lipinski definition) is 6. The van der Waals surface area contributed by atoms with Crippen molar-refractivity contribution in [1.29, 1.82) is 0 Å². The molecule has 12 fully saturated rings. The average Bonchev–Trinajstić information content (AvgIpc) is 1.92. The van der Waals surface area contributed by atoms with Crippen LogP contribution in [0.2, 0.25) is 0 Å². The van der Waals surface area contributed by atoms with Gasteiger partial charge in [-0.2, -0.15) is 0 Å². The molecule has 0 spiro atoms. The summed E-state index contributed by atoms with van der Waals surface area (Å²) in [6.45, 7) is 35.4. The fraction of sp³-hybridized carbons (Fsp3) is 0.741. The maximum absolute atomic E-state index is 10.7. The van der Waals surface area contributed by atoms with E-state index in [1.807, 2.05) is 0 Å². The molecule has 480 valence electrons. The molecule has 87 heavy (non-hydrogen) atoms. The summed E-state index contributed by atoms with van der Waals surface area (Å²) in [6.07, 6.45) is 16.7. The van der Waals surface area contributed by atoms with E-state index in [2.05, 4.69) is 174 Å². The molecule has 0 aromatic heterocycles. The van der Waals surface area contributed by atoms with Crippen molar-refractivity contribution in [3.8, 4) is 0 Å². The highest BCUT2D eigenvalue weighted by Crippen LogP contribution is 2.62. The van der Waals surface area contributed by atoms with Crippen LogP contribution in [0.1, 0.15) is 215 Å². The van der Waals surface area contributed by atoms with Crippen LogP contribution in [-0.4, -0.2) is 37.7 Å². The minimum atomic E-state index is -0.131. The molecule has 12 aliphatic carbocycles. The van der Waals surface area contributed by atoms with E-state index < -0.39 is 0 Å². The highest BCUT2D eigenvalue weighted by molar-refractivity contribution is 5.66. The molecule has 12 bridgehead atoms. The number of ether oxygens (including phenoxy) is 3. The zero-order valence-electron chi connectivity index (χ0n) is 57.0. The summed E-state index contributed by atoms with van der Waals surface area (Å²) in [4.78, 5) is 32.2. The number of carbonyl (C=O) groups excluding carboxylic acids is 3. The number of esters is 3. The lowest BCUT2D eigenvalue weighted by Crippen LogP contribution is -2.27. The smallest absolute Gasteiger partial charge is 0.302 e. The molecule has 3 aromatic rings. The van der Waals surface area contributed by atoms with Gasteiger partial charge in [0.05, 0.1) is 19.8 Å². The van der Waals surface area contributed by atoms with E-state index in [1.54, 1.807) is 16.7 Å². The molecule has 12 saturated carbocycles. The van der Waals surface area contributed by atoms with Crippen LogP contribution in [0.5, 0.6) is 0 Å². The van der Waals surface area contributed by atoms with Crippen LogP contribution < -0.4 is 0 Å². The van der Waals surface area contributed by atoms with Crippen LogP contribution in [0.15, 0.2) is 91.0 Å². The normalized spacial score (nSPS) is 44.4. The number of carbonyl (C=O) groups is 3. The molecule has 6 heteroatoms. The van der Waals surface area contributed by atoms with Gasteiger partial charge in [0.1, 0.15) is 0 Å². The molecule has 6 nitrogen and oxygen atoms in total. The summed E-state index contributed by atoms with van der Waals surface area (Å²) in [5, 5.41) is 0. The first-order chi connectivity index (χ1) is 41.6. The molecular weight excluding hydrogens is 1070 g/mol. The summed E-state index contributed by atoms with van der Waals surface area (Å²) < 4.78 is 15.4. The third-order valence-electron chi connectivity index (χ3n) is 29.0. The van der Waals surface area contributed by atoms with Crippen molar-refractivity contribution in [2.24, 2.45) is 160 Å². The van der Waals surface area contributed by atoms with Gasteiger partial charge in [0.15, 0.2) is 0 Å². The van der Waals surface area contributed by atoms with Crippen LogP contribution in [0, 0.1) is 160 Å². The van der Waals surface area contributed by atoms with Crippen LogP contribution in [0.4, 0.5) is 0 Å². The molecule has 30 atom stereocenters. The van der Waals surface area contributed by atoms with E-state index in [-0.39, 0.29) is 17.9 Å². The van der Waals surface area contributed by atoms with Gasteiger partial charge in [-0.25, -0.2) is 0 Å². The third-order valence-corrected chi connectivity index (χ3v) is 29.0. The lowest BCUT2D eigenvalue weighted by Gasteiger charge is -2.32. The standard InChI is InChI=1S/3C15H20.3C12H20O2/c3*1-10-11(2)14-8-13(10)9-15(14)12-6-4-3-5-7-12;3*1-7-8(2)12-5-10(7)4-11(12)6-14-9(3)13/h3*3-7,10-11,13-15H,8-9H2,1-2H3;3*7-8,10-12H,4-6H2,1-3H3/t3*10?,11?,13-,14-,15?;3*7?,8?,10-,11?,12+/m111000/s1. The van der Waals surface area contributed by atoms with Crippen molar-refractivity contribution in [1.82, 2.24) is 0 Å². The molecule has 12 aliphatic rings. The Morgan fingerprint density at radius 3 is 0.644 bits per heavy atom. The van der Waals surface area contributed by atoms with Gasteiger partial charge >= 0.3 is 17.9 Å². The second-order valence-electron chi connectivity index (χ2n) is 32.4. The highest BCUT2D eigenvalue weighted by Gasteiger charge is 2.53. The second-order valence-corrected chi connectivity index (χ2v) is 32.4. The first kappa shape index (κ1) is 66.0. The number of hydrogen-bond donors (Lipinski definition) is 0. The Bertz CT molecular complexity index is 2370. The maximum atomic E-state index is 10.7. The first-order valence-corrected chi connectivity index (χ1v) is 36.1. The lowest BCUT2D eigenvalue weighted by molar-refractivity contribution is -0.144. The Hall–Kier alpha value is -3.93. The van der Waals surface area contributed by atoms with Crippen LogP contribution in [0.25, 0.3) is 0 Å². The first-order valence-electron chi connectivity index (χ1n) is 36.1. The summed E-state index contributed by atoms with van der Waals surface area (Å²) >= 11 is 0. The molecule has 0 radical (unpaired) electrons. The fourth-order valence-corrected chi connectivity index (χ4v) is 22.6. The number of benzene rings is 3. The van der Waals surface area contributed by atoms with Crippen LogP contribution >= 0.6 is 0 Å². The Labute approximate surface area is 529 Å². The molecule has 0 saturated heterocycles. The van der Waals surface area contributed by atoms with Crippen molar-refractivity contribution in [3.05, 3.63) is 108 Å². The minimum Gasteiger partial charge on any atom is -0.466 e. The zero-order valence-corrected chi connectivity index (χ0v) is 57.0. The van der Waals surface area contributed by atoms with Gasteiger partial charge in [-0.05, 0) is 271 Å². The summed E-state index contributed by atoms with van der Waals surface area (Å²) in [5.74, 6) is 26.1. The van der Waals surface area contributed by atoms with E-state index in [9.17, 15) is 14.4 Å². The average molecular weight is 1190 g/mol. The van der Waals surface area contributed by atoms with Crippen molar-refractivity contribution >= 4 is 17.9 Å². The number of rotatable bonds is 9. The largest absolute Gasteiger partial charge is 0.466 e. The van der Waals surface area contributed by atoms with Gasteiger partial charge in [-0.15, -0.1) is 0 Å². The summed E-state index contributed by atoms with van der Waals surface area (Å²) in [7, 11) is 0. The minimum absolute atomic E-state index is 0.131. The predicted octanol–water partition coefficient (Wildman–Crippen LogP) is 19.7. The molecular formula is C81H120O6. The molecule has 0 amide bonds. The molecule has 15 rings (SSSR count). The quantitative estimate of drug-likeness (QED) is 0.157. The summed E-state index contributed by atoms with van der Waals surface area (Å²) in [5.41, 5.74) is 4.76. The highest BCUT2D eigenvalue weighted by atomic mass is 16.5. The monoisotopic (exact) mass is 1190 g/mol. The Morgan fingerprint density at radius 1 is 0.276 bits per heavy atom. The molecule has 3 aromatic carbocycles. The molecule has 0 heterocycles. The molecule has 18 unspecified atom stereocenters. The third kappa shape index (κ3) is 14.4. The maximum Gasteiger partial charge on any atom is 0.302 e. The topological polar surface area (TPSA) is 78.9 Å². The Kier molecular flexibility index (Phi) is 21.8. The van der Waals surface area contributed by atoms with Crippen molar-refractivity contribution in [2.75, 3.05) is 19.8 Å². The summed E-state index contributed by atoms with van der Waals surface area (Å²) in [6, 6.07) is 33.5. The van der Waals surface area contributed by atoms with Crippen molar-refractivity contribution < 1.29 is 28.6 Å². The van der Waals surface area contributed by atoms with Crippen LogP contribution in [0.3, 0.4) is 0 Å². The van der Waals surface area contributed by atoms with Crippen LogP contribution in [-0.2, 0) is 28.6 Å². The van der Waals surface area contributed by atoms with E-state index >= 15 is 0 Å². The Morgan fingerprint density at radius 2 is 0.471 bits per heavy atom. The van der Waals surface area contributed by atoms with Gasteiger partial charge < -0.3 is 14.2 Å². The second kappa shape index (κ2) is 28.7. The van der Waals surface area contributed by atoms with E-state index in [4.69, 9.17) is 14.2 Å². The fourth-order valence-electron chi connectivity index (χ4n) is 22.6. The van der Waals surface area contributed by atoms with E-state index in [1.165, 1.54) is 97.8 Å². The molecule has 0 aliphatic heterocycles. The van der Waals surface area contributed by atoms with E-state index in [0.717, 1.165) is 160 Å². The predicted molar refractivity (Wildman–Crippen MR) is 355 cm³/mol. The van der Waals surface area contributed by atoms with Crippen molar-refractivity contribution in [3.63, 3.8) is 0 Å². The van der Waals surface area contributed by atoms with Gasteiger partial charge in [-0.1, -0.05) is 174 Å². The SMILES string of the molecule is CC(=O)OCC1C[C@H]2C[C@@H]1C(C)C2C.CC(=O)OCC1C[C@H]2C[C@@H]1C(C)C2C.CC(=O)OCC1C[C@H]2C[C@@H]1C(C)C2C.CC1C(C)[C@H]2C[C@@H]1CC2c1ccccc1.CC1C(C)[C@H]2C[C@@H]1CC2c1ccccc1.CC1C(C)[C@H]2C[C@@H]1CC2c1ccccc1. The van der Waals surface area contributed by atoms with Gasteiger partial charge in [0, 0.05) is 20.8 Å². The number of fused-ring (bicyclic) bond motifs is 12. The Balaban J connectivity index is 0.000000116.